The van der Waals surface area contributed by atoms with Gasteiger partial charge in [0, 0.05) is 6.92 Å². The fourth-order valence-electron chi connectivity index (χ4n) is 1.68. The average Bonchev–Trinajstić information content (AvgIpc) is 2.63. The zero-order valence-electron chi connectivity index (χ0n) is 9.69. The van der Waals surface area contributed by atoms with E-state index < -0.39 is 0 Å². The van der Waals surface area contributed by atoms with Gasteiger partial charge < -0.3 is 15.5 Å². The number of fused-ring (bicyclic) bond motifs is 1. The normalized spacial score (nSPS) is 10.9. The number of aromatic nitrogens is 1. The highest BCUT2D eigenvalue weighted by Gasteiger charge is 2.03. The Morgan fingerprint density at radius 3 is 3.12 bits per heavy atom. The van der Waals surface area contributed by atoms with Gasteiger partial charge in [0.1, 0.15) is 5.52 Å². The number of benzene rings is 1. The van der Waals surface area contributed by atoms with Crippen LogP contribution >= 0.6 is 0 Å². The van der Waals surface area contributed by atoms with E-state index in [0.717, 1.165) is 23.1 Å². The molecule has 0 radical (unpaired) electrons. The number of nitrogens with two attached hydrogens (primary N) is 1. The van der Waals surface area contributed by atoms with Gasteiger partial charge in [0.15, 0.2) is 11.5 Å². The van der Waals surface area contributed by atoms with Gasteiger partial charge in [-0.2, -0.15) is 0 Å². The van der Waals surface area contributed by atoms with Crippen LogP contribution in [0.15, 0.2) is 22.6 Å². The van der Waals surface area contributed by atoms with Gasteiger partial charge in [0.2, 0.25) is 5.91 Å². The molecule has 2 rings (SSSR count). The van der Waals surface area contributed by atoms with Crippen molar-refractivity contribution in [3.63, 3.8) is 0 Å². The number of hydrogen-bond acceptors (Lipinski definition) is 4. The number of oxazole rings is 1. The zero-order valence-corrected chi connectivity index (χ0v) is 9.69. The molecule has 5 heteroatoms. The van der Waals surface area contributed by atoms with Crippen LogP contribution in [0.25, 0.3) is 11.1 Å². The lowest BCUT2D eigenvalue weighted by Crippen LogP contribution is -2.29. The summed E-state index contributed by atoms with van der Waals surface area (Å²) in [6.45, 7) is 2.75. The summed E-state index contributed by atoms with van der Waals surface area (Å²) in [7, 11) is 0. The predicted octanol–water partition coefficient (Wildman–Crippen LogP) is 0.754. The summed E-state index contributed by atoms with van der Waals surface area (Å²) >= 11 is 0. The third-order valence-corrected chi connectivity index (χ3v) is 2.45. The Morgan fingerprint density at radius 2 is 2.35 bits per heavy atom. The molecular formula is C12H15N3O2. The van der Waals surface area contributed by atoms with Crippen molar-refractivity contribution in [2.24, 2.45) is 5.73 Å². The Hall–Kier alpha value is -1.88. The number of amides is 1. The van der Waals surface area contributed by atoms with Gasteiger partial charge in [0.05, 0.1) is 6.54 Å². The molecule has 0 aliphatic carbocycles. The largest absolute Gasteiger partial charge is 0.441 e. The molecule has 5 nitrogen and oxygen atoms in total. The number of rotatable bonds is 5. The second kappa shape index (κ2) is 4.97. The molecule has 2 aromatic rings. The van der Waals surface area contributed by atoms with E-state index in [1.807, 2.05) is 25.1 Å². The maximum absolute atomic E-state index is 10.5. The van der Waals surface area contributed by atoms with Crippen molar-refractivity contribution in [1.29, 1.82) is 0 Å². The first-order chi connectivity index (χ1) is 8.15. The first-order valence-electron chi connectivity index (χ1n) is 5.50. The van der Waals surface area contributed by atoms with Gasteiger partial charge in [-0.05, 0) is 30.7 Å². The SMILES string of the molecule is Cc1nc2ccc(CCNCC(N)=O)cc2o1. The lowest BCUT2D eigenvalue weighted by Gasteiger charge is -2.02. The van der Waals surface area contributed by atoms with Gasteiger partial charge in [0.25, 0.3) is 0 Å². The minimum absolute atomic E-state index is 0.212. The molecule has 0 bridgehead atoms. The molecule has 0 saturated carbocycles. The Morgan fingerprint density at radius 1 is 1.53 bits per heavy atom. The number of carbonyl (C=O) groups excluding carboxylic acids is 1. The molecule has 0 aliphatic rings. The fourth-order valence-corrected chi connectivity index (χ4v) is 1.68. The molecule has 0 aliphatic heterocycles. The number of hydrogen-bond donors (Lipinski definition) is 2. The average molecular weight is 233 g/mol. The molecule has 0 unspecified atom stereocenters. The molecule has 3 N–H and O–H groups in total. The van der Waals surface area contributed by atoms with Crippen LogP contribution < -0.4 is 11.1 Å². The minimum atomic E-state index is -0.341. The maximum Gasteiger partial charge on any atom is 0.231 e. The Balaban J connectivity index is 1.96. The van der Waals surface area contributed by atoms with Crippen LogP contribution in [0.3, 0.4) is 0 Å². The molecule has 1 aromatic carbocycles. The van der Waals surface area contributed by atoms with Crippen molar-refractivity contribution in [2.75, 3.05) is 13.1 Å². The Labute approximate surface area is 99.0 Å². The number of nitrogens with zero attached hydrogens (tertiary/aromatic N) is 1. The van der Waals surface area contributed by atoms with E-state index >= 15 is 0 Å². The highest BCUT2D eigenvalue weighted by molar-refractivity contribution is 5.76. The first kappa shape index (κ1) is 11.6. The Kier molecular flexibility index (Phi) is 3.39. The molecule has 90 valence electrons. The highest BCUT2D eigenvalue weighted by Crippen LogP contribution is 2.16. The number of aryl methyl sites for hydroxylation is 1. The monoisotopic (exact) mass is 233 g/mol. The third kappa shape index (κ3) is 3.04. The molecule has 17 heavy (non-hydrogen) atoms. The standard InChI is InChI=1S/C12H15N3O2/c1-8-15-10-3-2-9(6-11(10)17-8)4-5-14-7-12(13)16/h2-3,6,14H,4-5,7H2,1H3,(H2,13,16). The molecule has 0 fully saturated rings. The van der Waals surface area contributed by atoms with Crippen molar-refractivity contribution in [1.82, 2.24) is 10.3 Å². The van der Waals surface area contributed by atoms with Crippen LogP contribution in [0.4, 0.5) is 0 Å². The fraction of sp³-hybridized carbons (Fsp3) is 0.333. The molecule has 1 aromatic heterocycles. The van der Waals surface area contributed by atoms with Crippen LogP contribution in [0.5, 0.6) is 0 Å². The van der Waals surface area contributed by atoms with Crippen molar-refractivity contribution in [3.05, 3.63) is 29.7 Å². The molecule has 0 saturated heterocycles. The van der Waals surface area contributed by atoms with E-state index in [1.165, 1.54) is 0 Å². The lowest BCUT2D eigenvalue weighted by atomic mass is 10.1. The van der Waals surface area contributed by atoms with Gasteiger partial charge >= 0.3 is 0 Å². The topological polar surface area (TPSA) is 81.1 Å². The number of carbonyl (C=O) groups is 1. The summed E-state index contributed by atoms with van der Waals surface area (Å²) in [6, 6.07) is 5.92. The van der Waals surface area contributed by atoms with Crippen LogP contribution in [0.2, 0.25) is 0 Å². The molecule has 1 amide bonds. The van der Waals surface area contributed by atoms with E-state index in [1.54, 1.807) is 0 Å². The van der Waals surface area contributed by atoms with E-state index in [9.17, 15) is 4.79 Å². The van der Waals surface area contributed by atoms with Gasteiger partial charge in [-0.15, -0.1) is 0 Å². The first-order valence-corrected chi connectivity index (χ1v) is 5.50. The molecule has 0 atom stereocenters. The van der Waals surface area contributed by atoms with Crippen LogP contribution in [-0.2, 0) is 11.2 Å². The second-order valence-corrected chi connectivity index (χ2v) is 3.93. The van der Waals surface area contributed by atoms with Crippen molar-refractivity contribution < 1.29 is 9.21 Å². The number of primary amides is 1. The van der Waals surface area contributed by atoms with Crippen molar-refractivity contribution in [2.45, 2.75) is 13.3 Å². The van der Waals surface area contributed by atoms with Crippen molar-refractivity contribution in [3.8, 4) is 0 Å². The van der Waals surface area contributed by atoms with Crippen LogP contribution in [-0.4, -0.2) is 24.0 Å². The minimum Gasteiger partial charge on any atom is -0.441 e. The predicted molar refractivity (Wildman–Crippen MR) is 64.5 cm³/mol. The second-order valence-electron chi connectivity index (χ2n) is 3.93. The van der Waals surface area contributed by atoms with E-state index in [4.69, 9.17) is 10.2 Å². The van der Waals surface area contributed by atoms with E-state index in [-0.39, 0.29) is 12.5 Å². The third-order valence-electron chi connectivity index (χ3n) is 2.45. The maximum atomic E-state index is 10.5. The highest BCUT2D eigenvalue weighted by atomic mass is 16.3. The van der Waals surface area contributed by atoms with E-state index in [0.29, 0.717) is 12.4 Å². The van der Waals surface area contributed by atoms with Gasteiger partial charge in [-0.3, -0.25) is 4.79 Å². The van der Waals surface area contributed by atoms with Gasteiger partial charge in [-0.1, -0.05) is 6.07 Å². The van der Waals surface area contributed by atoms with Crippen LogP contribution in [0.1, 0.15) is 11.5 Å². The summed E-state index contributed by atoms with van der Waals surface area (Å²) in [6.07, 6.45) is 0.822. The molecule has 1 heterocycles. The van der Waals surface area contributed by atoms with Crippen molar-refractivity contribution >= 4 is 17.0 Å². The molecule has 0 spiro atoms. The quantitative estimate of drug-likeness (QED) is 0.747. The number of nitrogens with one attached hydrogen (secondary N) is 1. The summed E-state index contributed by atoms with van der Waals surface area (Å²) in [5.74, 6) is 0.329. The summed E-state index contributed by atoms with van der Waals surface area (Å²) < 4.78 is 5.45. The lowest BCUT2D eigenvalue weighted by molar-refractivity contribution is -0.117. The van der Waals surface area contributed by atoms with Crippen LogP contribution in [0, 0.1) is 6.92 Å². The smallest absolute Gasteiger partial charge is 0.231 e. The summed E-state index contributed by atoms with van der Waals surface area (Å²) in [5.41, 5.74) is 7.84. The van der Waals surface area contributed by atoms with E-state index in [2.05, 4.69) is 10.3 Å². The summed E-state index contributed by atoms with van der Waals surface area (Å²) in [4.78, 5) is 14.8. The summed E-state index contributed by atoms with van der Waals surface area (Å²) in [5, 5.41) is 2.97. The Bertz CT molecular complexity index is 534. The van der Waals surface area contributed by atoms with Gasteiger partial charge in [-0.25, -0.2) is 4.98 Å². The molecular weight excluding hydrogens is 218 g/mol. The zero-order chi connectivity index (χ0) is 12.3.